The van der Waals surface area contributed by atoms with Gasteiger partial charge in [-0.3, -0.25) is 4.79 Å². The van der Waals surface area contributed by atoms with Crippen molar-refractivity contribution in [2.24, 2.45) is 0 Å². The zero-order valence-electron chi connectivity index (χ0n) is 14.3. The third kappa shape index (κ3) is 5.30. The van der Waals surface area contributed by atoms with Crippen molar-refractivity contribution >= 4 is 5.91 Å². The second-order valence-corrected chi connectivity index (χ2v) is 5.97. The minimum Gasteiger partial charge on any atom is -0.508 e. The lowest BCUT2D eigenvalue weighted by atomic mass is 9.95. The van der Waals surface area contributed by atoms with Crippen molar-refractivity contribution in [2.75, 3.05) is 7.11 Å². The highest BCUT2D eigenvalue weighted by Crippen LogP contribution is 2.23. The Morgan fingerprint density at radius 3 is 2.58 bits per heavy atom. The maximum absolute atomic E-state index is 12.0. The second-order valence-electron chi connectivity index (χ2n) is 5.97. The Bertz CT molecular complexity index is 652. The molecule has 2 aromatic carbocycles. The number of amides is 1. The van der Waals surface area contributed by atoms with Crippen LogP contribution < -0.4 is 10.1 Å². The topological polar surface area (TPSA) is 58.6 Å². The minimum atomic E-state index is 0.0545. The number of hydrogen-bond donors (Lipinski definition) is 2. The first-order valence-corrected chi connectivity index (χ1v) is 8.27. The Balaban J connectivity index is 1.72. The van der Waals surface area contributed by atoms with E-state index in [0.717, 1.165) is 24.2 Å². The summed E-state index contributed by atoms with van der Waals surface area (Å²) in [6, 6.07) is 15.0. The summed E-state index contributed by atoms with van der Waals surface area (Å²) in [7, 11) is 1.63. The number of rotatable bonds is 8. The molecule has 4 nitrogen and oxygen atoms in total. The van der Waals surface area contributed by atoms with Gasteiger partial charge in [-0.2, -0.15) is 0 Å². The minimum absolute atomic E-state index is 0.0545. The second kappa shape index (κ2) is 8.96. The summed E-state index contributed by atoms with van der Waals surface area (Å²) in [5, 5.41) is 12.3. The molecule has 2 aromatic rings. The molecule has 128 valence electrons. The van der Waals surface area contributed by atoms with Crippen LogP contribution in [0.3, 0.4) is 0 Å². The molecule has 24 heavy (non-hydrogen) atoms. The van der Waals surface area contributed by atoms with Crippen molar-refractivity contribution in [1.82, 2.24) is 5.32 Å². The van der Waals surface area contributed by atoms with Crippen molar-refractivity contribution in [3.8, 4) is 11.5 Å². The summed E-state index contributed by atoms with van der Waals surface area (Å²) < 4.78 is 5.28. The molecule has 0 fully saturated rings. The van der Waals surface area contributed by atoms with E-state index >= 15 is 0 Å². The number of ether oxygens (including phenoxy) is 1. The highest BCUT2D eigenvalue weighted by Gasteiger charge is 2.08. The van der Waals surface area contributed by atoms with Crippen LogP contribution in [0.15, 0.2) is 48.5 Å². The molecule has 1 unspecified atom stereocenters. The molecule has 1 amide bonds. The molecule has 0 saturated carbocycles. The fourth-order valence-electron chi connectivity index (χ4n) is 2.67. The molecule has 4 heteroatoms. The summed E-state index contributed by atoms with van der Waals surface area (Å²) in [6.45, 7) is 2.62. The van der Waals surface area contributed by atoms with E-state index in [1.54, 1.807) is 19.2 Å². The molecule has 0 aliphatic heterocycles. The van der Waals surface area contributed by atoms with Gasteiger partial charge in [0.2, 0.25) is 5.91 Å². The zero-order chi connectivity index (χ0) is 17.4. The van der Waals surface area contributed by atoms with Gasteiger partial charge in [0.15, 0.2) is 0 Å². The van der Waals surface area contributed by atoms with Gasteiger partial charge < -0.3 is 15.2 Å². The van der Waals surface area contributed by atoms with Crippen LogP contribution >= 0.6 is 0 Å². The van der Waals surface area contributed by atoms with Gasteiger partial charge in [0.05, 0.1) is 7.11 Å². The SMILES string of the molecule is COc1ccccc1CNC(=O)CCCC(C)c1ccc(O)cc1. The highest BCUT2D eigenvalue weighted by molar-refractivity contribution is 5.75. The number of benzene rings is 2. The van der Waals surface area contributed by atoms with Gasteiger partial charge in [0.1, 0.15) is 11.5 Å². The number of aromatic hydroxyl groups is 1. The van der Waals surface area contributed by atoms with Gasteiger partial charge >= 0.3 is 0 Å². The van der Waals surface area contributed by atoms with Crippen molar-refractivity contribution in [3.05, 3.63) is 59.7 Å². The van der Waals surface area contributed by atoms with Crippen LogP contribution in [0, 0.1) is 0 Å². The molecular formula is C20H25NO3. The van der Waals surface area contributed by atoms with Crippen molar-refractivity contribution in [1.29, 1.82) is 0 Å². The van der Waals surface area contributed by atoms with E-state index in [1.807, 2.05) is 36.4 Å². The van der Waals surface area contributed by atoms with E-state index in [-0.39, 0.29) is 11.7 Å². The molecule has 0 radical (unpaired) electrons. The number of hydrogen-bond acceptors (Lipinski definition) is 3. The van der Waals surface area contributed by atoms with Crippen molar-refractivity contribution < 1.29 is 14.6 Å². The molecule has 0 aliphatic carbocycles. The van der Waals surface area contributed by atoms with Crippen LogP contribution in [-0.4, -0.2) is 18.1 Å². The van der Waals surface area contributed by atoms with E-state index in [4.69, 9.17) is 4.74 Å². The van der Waals surface area contributed by atoms with Crippen LogP contribution in [0.1, 0.15) is 43.2 Å². The Morgan fingerprint density at radius 1 is 1.17 bits per heavy atom. The van der Waals surface area contributed by atoms with Crippen LogP contribution in [0.2, 0.25) is 0 Å². The normalized spacial score (nSPS) is 11.8. The quantitative estimate of drug-likeness (QED) is 0.771. The first-order valence-electron chi connectivity index (χ1n) is 8.27. The number of nitrogens with one attached hydrogen (secondary N) is 1. The fraction of sp³-hybridized carbons (Fsp3) is 0.350. The van der Waals surface area contributed by atoms with E-state index in [1.165, 1.54) is 5.56 Å². The summed E-state index contributed by atoms with van der Waals surface area (Å²) in [5.41, 5.74) is 2.16. The molecule has 0 spiro atoms. The summed E-state index contributed by atoms with van der Waals surface area (Å²) in [6.07, 6.45) is 2.28. The number of para-hydroxylation sites is 1. The van der Waals surface area contributed by atoms with Gasteiger partial charge in [0, 0.05) is 18.5 Å². The number of phenolic OH excluding ortho intramolecular Hbond substituents is 1. The third-order valence-corrected chi connectivity index (χ3v) is 4.17. The van der Waals surface area contributed by atoms with E-state index in [0.29, 0.717) is 18.9 Å². The van der Waals surface area contributed by atoms with Crippen LogP contribution in [-0.2, 0) is 11.3 Å². The highest BCUT2D eigenvalue weighted by atomic mass is 16.5. The Morgan fingerprint density at radius 2 is 1.88 bits per heavy atom. The average molecular weight is 327 g/mol. The third-order valence-electron chi connectivity index (χ3n) is 4.17. The maximum Gasteiger partial charge on any atom is 0.220 e. The predicted octanol–water partition coefficient (Wildman–Crippen LogP) is 3.99. The van der Waals surface area contributed by atoms with Gasteiger partial charge in [-0.1, -0.05) is 37.3 Å². The summed E-state index contributed by atoms with van der Waals surface area (Å²) >= 11 is 0. The van der Waals surface area contributed by atoms with E-state index in [2.05, 4.69) is 12.2 Å². The lowest BCUT2D eigenvalue weighted by Crippen LogP contribution is -2.22. The predicted molar refractivity (Wildman–Crippen MR) is 95.2 cm³/mol. The average Bonchev–Trinajstić information content (AvgIpc) is 2.60. The van der Waals surface area contributed by atoms with Crippen LogP contribution in [0.4, 0.5) is 0 Å². The Hall–Kier alpha value is -2.49. The fourth-order valence-corrected chi connectivity index (χ4v) is 2.67. The van der Waals surface area contributed by atoms with Gasteiger partial charge in [-0.25, -0.2) is 0 Å². The zero-order valence-corrected chi connectivity index (χ0v) is 14.3. The Labute approximate surface area is 143 Å². The lowest BCUT2D eigenvalue weighted by Gasteiger charge is -2.12. The molecule has 1 atom stereocenters. The Kier molecular flexibility index (Phi) is 6.67. The molecule has 0 bridgehead atoms. The first kappa shape index (κ1) is 17.9. The number of carbonyl (C=O) groups excluding carboxylic acids is 1. The van der Waals surface area contributed by atoms with Gasteiger partial charge in [-0.05, 0) is 42.5 Å². The molecule has 0 aliphatic rings. The molecule has 0 heterocycles. The number of methoxy groups -OCH3 is 1. The number of phenols is 1. The molecule has 2 rings (SSSR count). The van der Waals surface area contributed by atoms with E-state index < -0.39 is 0 Å². The maximum atomic E-state index is 12.0. The molecule has 2 N–H and O–H groups in total. The first-order chi connectivity index (χ1) is 11.6. The molecule has 0 aromatic heterocycles. The standard InChI is InChI=1S/C20H25NO3/c1-15(16-10-12-18(22)13-11-16)6-5-9-20(23)21-14-17-7-3-4-8-19(17)24-2/h3-4,7-8,10-13,15,22H,5-6,9,14H2,1-2H3,(H,21,23). The van der Waals surface area contributed by atoms with Gasteiger partial charge in [-0.15, -0.1) is 0 Å². The van der Waals surface area contributed by atoms with Crippen molar-refractivity contribution in [2.45, 2.75) is 38.6 Å². The van der Waals surface area contributed by atoms with Crippen LogP contribution in [0.5, 0.6) is 11.5 Å². The van der Waals surface area contributed by atoms with Crippen molar-refractivity contribution in [3.63, 3.8) is 0 Å². The molecule has 0 saturated heterocycles. The number of carbonyl (C=O) groups is 1. The summed E-state index contributed by atoms with van der Waals surface area (Å²) in [4.78, 5) is 12.0. The van der Waals surface area contributed by atoms with Crippen LogP contribution in [0.25, 0.3) is 0 Å². The summed E-state index contributed by atoms with van der Waals surface area (Å²) in [5.74, 6) is 1.49. The monoisotopic (exact) mass is 327 g/mol. The van der Waals surface area contributed by atoms with Gasteiger partial charge in [0.25, 0.3) is 0 Å². The molecular weight excluding hydrogens is 302 g/mol. The lowest BCUT2D eigenvalue weighted by molar-refractivity contribution is -0.121. The largest absolute Gasteiger partial charge is 0.508 e. The smallest absolute Gasteiger partial charge is 0.220 e. The van der Waals surface area contributed by atoms with E-state index in [9.17, 15) is 9.90 Å².